The first kappa shape index (κ1) is 23.0. The lowest BCUT2D eigenvalue weighted by Gasteiger charge is -2.30. The fraction of sp³-hybridized carbons (Fsp3) is 0.417. The minimum absolute atomic E-state index is 0.00340. The molecule has 0 radical (unpaired) electrons. The van der Waals surface area contributed by atoms with Crippen LogP contribution in [-0.4, -0.2) is 35.6 Å². The van der Waals surface area contributed by atoms with Crippen molar-refractivity contribution >= 4 is 23.6 Å². The Kier molecular flexibility index (Phi) is 8.77. The van der Waals surface area contributed by atoms with E-state index in [4.69, 9.17) is 0 Å². The van der Waals surface area contributed by atoms with Crippen molar-refractivity contribution in [2.24, 2.45) is 0 Å². The Morgan fingerprint density at radius 3 is 2.24 bits per heavy atom. The van der Waals surface area contributed by atoms with Gasteiger partial charge < -0.3 is 10.2 Å². The number of thioether (sulfide) groups is 1. The largest absolute Gasteiger partial charge is 0.357 e. The molecule has 1 unspecified atom stereocenters. The molecule has 156 valence electrons. The molecule has 2 aromatic carbocycles. The van der Waals surface area contributed by atoms with Gasteiger partial charge in [-0.15, -0.1) is 11.8 Å². The molecule has 4 nitrogen and oxygen atoms in total. The molecular weight excluding hydrogens is 380 g/mol. The molecule has 1 atom stereocenters. The molecule has 0 saturated carbocycles. The summed E-state index contributed by atoms with van der Waals surface area (Å²) in [5, 5.41) is 2.70. The number of aryl methyl sites for hydroxylation is 3. The summed E-state index contributed by atoms with van der Waals surface area (Å²) in [6.45, 7) is 8.59. The Balaban J connectivity index is 2.11. The van der Waals surface area contributed by atoms with E-state index >= 15 is 0 Å². The summed E-state index contributed by atoms with van der Waals surface area (Å²) in [7, 11) is 1.62. The van der Waals surface area contributed by atoms with Gasteiger partial charge in [-0.05, 0) is 38.3 Å². The van der Waals surface area contributed by atoms with Crippen LogP contribution in [0.25, 0.3) is 0 Å². The van der Waals surface area contributed by atoms with Gasteiger partial charge in [0.1, 0.15) is 6.04 Å². The van der Waals surface area contributed by atoms with Crippen LogP contribution in [0.2, 0.25) is 0 Å². The summed E-state index contributed by atoms with van der Waals surface area (Å²) in [6.07, 6.45) is 0.582. The average Bonchev–Trinajstić information content (AvgIpc) is 2.66. The van der Waals surface area contributed by atoms with Gasteiger partial charge in [0.25, 0.3) is 0 Å². The molecule has 0 aromatic heterocycles. The predicted octanol–water partition coefficient (Wildman–Crippen LogP) is 4.40. The highest BCUT2D eigenvalue weighted by Gasteiger charge is 2.27. The number of carbonyl (C=O) groups is 2. The number of nitrogens with zero attached hydrogens (tertiary/aromatic N) is 1. The minimum Gasteiger partial charge on any atom is -0.357 e. The topological polar surface area (TPSA) is 49.4 Å². The average molecular weight is 413 g/mol. The molecule has 0 bridgehead atoms. The zero-order chi connectivity index (χ0) is 21.4. The molecule has 29 heavy (non-hydrogen) atoms. The fourth-order valence-corrected chi connectivity index (χ4v) is 4.43. The van der Waals surface area contributed by atoms with Gasteiger partial charge in [0.05, 0.1) is 5.75 Å². The smallest absolute Gasteiger partial charge is 0.242 e. The molecule has 2 rings (SSSR count). The van der Waals surface area contributed by atoms with Gasteiger partial charge in [0.15, 0.2) is 0 Å². The standard InChI is InChI=1S/C24H32N2O2S/c1-6-22(24(28)25-5)26(14-20-9-7-8-17(2)11-20)23(27)16-29-15-21-12-18(3)10-19(4)13-21/h7-13,22H,6,14-16H2,1-5H3,(H,25,28). The van der Waals surface area contributed by atoms with Crippen LogP contribution in [0.1, 0.15) is 41.2 Å². The van der Waals surface area contributed by atoms with Crippen LogP contribution in [0.15, 0.2) is 42.5 Å². The van der Waals surface area contributed by atoms with E-state index in [1.807, 2.05) is 32.0 Å². The SMILES string of the molecule is CCC(C(=O)NC)N(Cc1cccc(C)c1)C(=O)CSCc1cc(C)cc(C)c1. The number of likely N-dealkylation sites (N-methyl/N-ethyl adjacent to an activating group) is 1. The van der Waals surface area contributed by atoms with E-state index in [0.717, 1.165) is 16.9 Å². The number of nitrogens with one attached hydrogen (secondary N) is 1. The van der Waals surface area contributed by atoms with E-state index in [0.29, 0.717) is 18.7 Å². The van der Waals surface area contributed by atoms with Crippen LogP contribution in [0.3, 0.4) is 0 Å². The first-order chi connectivity index (χ1) is 13.8. The van der Waals surface area contributed by atoms with E-state index in [-0.39, 0.29) is 11.8 Å². The number of amides is 2. The highest BCUT2D eigenvalue weighted by Crippen LogP contribution is 2.19. The Labute approximate surface area is 179 Å². The quantitative estimate of drug-likeness (QED) is 0.664. The normalized spacial score (nSPS) is 11.8. The van der Waals surface area contributed by atoms with E-state index in [9.17, 15) is 9.59 Å². The lowest BCUT2D eigenvalue weighted by Crippen LogP contribution is -2.48. The maximum Gasteiger partial charge on any atom is 0.242 e. The molecule has 1 N–H and O–H groups in total. The van der Waals surface area contributed by atoms with Gasteiger partial charge in [0, 0.05) is 19.3 Å². The van der Waals surface area contributed by atoms with Crippen molar-refractivity contribution in [3.63, 3.8) is 0 Å². The first-order valence-corrected chi connectivity index (χ1v) is 11.2. The van der Waals surface area contributed by atoms with Crippen molar-refractivity contribution in [1.82, 2.24) is 10.2 Å². The highest BCUT2D eigenvalue weighted by molar-refractivity contribution is 7.99. The molecule has 0 aliphatic rings. The van der Waals surface area contributed by atoms with E-state index < -0.39 is 6.04 Å². The number of benzene rings is 2. The van der Waals surface area contributed by atoms with Crippen molar-refractivity contribution in [2.45, 2.75) is 52.5 Å². The zero-order valence-corrected chi connectivity index (χ0v) is 18.9. The number of rotatable bonds is 9. The highest BCUT2D eigenvalue weighted by atomic mass is 32.2. The van der Waals surface area contributed by atoms with E-state index in [2.05, 4.69) is 43.4 Å². The van der Waals surface area contributed by atoms with Gasteiger partial charge in [0.2, 0.25) is 11.8 Å². The van der Waals surface area contributed by atoms with Crippen molar-refractivity contribution in [1.29, 1.82) is 0 Å². The van der Waals surface area contributed by atoms with Crippen LogP contribution in [0.4, 0.5) is 0 Å². The van der Waals surface area contributed by atoms with Crippen LogP contribution < -0.4 is 5.32 Å². The monoisotopic (exact) mass is 412 g/mol. The Bertz CT molecular complexity index is 830. The van der Waals surface area contributed by atoms with Gasteiger partial charge >= 0.3 is 0 Å². The third-order valence-corrected chi connectivity index (χ3v) is 5.83. The fourth-order valence-electron chi connectivity index (χ4n) is 3.58. The van der Waals surface area contributed by atoms with Gasteiger partial charge in [-0.1, -0.05) is 66.1 Å². The third-order valence-electron chi connectivity index (χ3n) is 4.84. The van der Waals surface area contributed by atoms with E-state index in [1.165, 1.54) is 16.7 Å². The Morgan fingerprint density at radius 1 is 1.00 bits per heavy atom. The van der Waals surface area contributed by atoms with Crippen molar-refractivity contribution in [3.05, 3.63) is 70.3 Å². The molecule has 0 aliphatic heterocycles. The number of hydrogen-bond donors (Lipinski definition) is 1. The lowest BCUT2D eigenvalue weighted by molar-refractivity contribution is -0.139. The molecule has 0 aliphatic carbocycles. The molecular formula is C24H32N2O2S. The number of hydrogen-bond acceptors (Lipinski definition) is 3. The van der Waals surface area contributed by atoms with Crippen LogP contribution in [0, 0.1) is 20.8 Å². The van der Waals surface area contributed by atoms with Gasteiger partial charge in [-0.2, -0.15) is 0 Å². The van der Waals surface area contributed by atoms with Crippen LogP contribution in [-0.2, 0) is 21.9 Å². The van der Waals surface area contributed by atoms with Crippen molar-refractivity contribution in [3.8, 4) is 0 Å². The van der Waals surface area contributed by atoms with Crippen molar-refractivity contribution < 1.29 is 9.59 Å². The molecule has 0 spiro atoms. The minimum atomic E-state index is -0.463. The molecule has 0 fully saturated rings. The van der Waals surface area contributed by atoms with Crippen molar-refractivity contribution in [2.75, 3.05) is 12.8 Å². The number of carbonyl (C=O) groups excluding carboxylic acids is 2. The van der Waals surface area contributed by atoms with Crippen LogP contribution >= 0.6 is 11.8 Å². The second kappa shape index (κ2) is 11.1. The second-order valence-electron chi connectivity index (χ2n) is 7.54. The molecule has 2 amide bonds. The first-order valence-electron chi connectivity index (χ1n) is 10.1. The Morgan fingerprint density at radius 2 is 1.66 bits per heavy atom. The lowest BCUT2D eigenvalue weighted by atomic mass is 10.1. The summed E-state index contributed by atoms with van der Waals surface area (Å²) in [4.78, 5) is 27.2. The van der Waals surface area contributed by atoms with Crippen LogP contribution in [0.5, 0.6) is 0 Å². The third kappa shape index (κ3) is 6.93. The second-order valence-corrected chi connectivity index (χ2v) is 8.52. The summed E-state index contributed by atoms with van der Waals surface area (Å²) in [5.41, 5.74) is 5.88. The van der Waals surface area contributed by atoms with Gasteiger partial charge in [-0.3, -0.25) is 9.59 Å². The predicted molar refractivity (Wildman–Crippen MR) is 122 cm³/mol. The molecule has 2 aromatic rings. The molecule has 0 saturated heterocycles. The summed E-state index contributed by atoms with van der Waals surface area (Å²) in [5.74, 6) is 1.01. The maximum absolute atomic E-state index is 13.1. The molecule has 0 heterocycles. The summed E-state index contributed by atoms with van der Waals surface area (Å²) in [6, 6.07) is 14.1. The summed E-state index contributed by atoms with van der Waals surface area (Å²) < 4.78 is 0. The molecule has 5 heteroatoms. The van der Waals surface area contributed by atoms with Gasteiger partial charge in [-0.25, -0.2) is 0 Å². The Hall–Kier alpha value is -2.27. The zero-order valence-electron chi connectivity index (χ0n) is 18.1. The summed E-state index contributed by atoms with van der Waals surface area (Å²) >= 11 is 1.60. The van der Waals surface area contributed by atoms with E-state index in [1.54, 1.807) is 23.7 Å². The maximum atomic E-state index is 13.1.